The highest BCUT2D eigenvalue weighted by Crippen LogP contribution is 2.17. The first-order valence-electron chi connectivity index (χ1n) is 9.24. The lowest BCUT2D eigenvalue weighted by atomic mass is 10.1. The van der Waals surface area contributed by atoms with Crippen LogP contribution in [0.2, 0.25) is 0 Å². The summed E-state index contributed by atoms with van der Waals surface area (Å²) in [5.74, 6) is 0.0333. The van der Waals surface area contributed by atoms with E-state index >= 15 is 0 Å². The average molecular weight is 400 g/mol. The molecule has 148 valence electrons. The summed E-state index contributed by atoms with van der Waals surface area (Å²) in [6.45, 7) is 3.43. The molecular formula is C20H25N5O2S. The third kappa shape index (κ3) is 5.02. The third-order valence-corrected chi connectivity index (χ3v) is 6.18. The van der Waals surface area contributed by atoms with Crippen LogP contribution in [0.5, 0.6) is 0 Å². The Kier molecular flexibility index (Phi) is 6.53. The molecule has 8 heteroatoms. The zero-order chi connectivity index (χ0) is 20.0. The van der Waals surface area contributed by atoms with Gasteiger partial charge in [0, 0.05) is 25.8 Å². The van der Waals surface area contributed by atoms with Crippen molar-refractivity contribution in [3.63, 3.8) is 0 Å². The zero-order valence-electron chi connectivity index (χ0n) is 16.2. The summed E-state index contributed by atoms with van der Waals surface area (Å²) >= 11 is 0. The highest BCUT2D eigenvalue weighted by molar-refractivity contribution is 7.91. The van der Waals surface area contributed by atoms with Gasteiger partial charge in [-0.2, -0.15) is 0 Å². The highest BCUT2D eigenvalue weighted by Gasteiger charge is 2.22. The quantitative estimate of drug-likeness (QED) is 0.549. The number of imidazole rings is 1. The van der Waals surface area contributed by atoms with Crippen molar-refractivity contribution >= 4 is 9.84 Å². The minimum Gasteiger partial charge on any atom is -0.317 e. The maximum absolute atomic E-state index is 12.5. The van der Waals surface area contributed by atoms with Gasteiger partial charge in [0.05, 0.1) is 23.3 Å². The molecule has 7 nitrogen and oxygen atoms in total. The Morgan fingerprint density at radius 3 is 2.54 bits per heavy atom. The van der Waals surface area contributed by atoms with Gasteiger partial charge in [0.1, 0.15) is 6.33 Å². The van der Waals surface area contributed by atoms with Crippen molar-refractivity contribution in [2.24, 2.45) is 0 Å². The van der Waals surface area contributed by atoms with Crippen molar-refractivity contribution in [3.05, 3.63) is 72.1 Å². The van der Waals surface area contributed by atoms with Gasteiger partial charge < -0.3 is 4.57 Å². The van der Waals surface area contributed by atoms with Crippen LogP contribution >= 0.6 is 0 Å². The molecule has 0 saturated carbocycles. The number of sulfone groups is 1. The summed E-state index contributed by atoms with van der Waals surface area (Å²) in [6.07, 6.45) is 5.65. The van der Waals surface area contributed by atoms with Crippen LogP contribution in [-0.4, -0.2) is 45.6 Å². The maximum atomic E-state index is 12.5. The van der Waals surface area contributed by atoms with E-state index in [0.717, 1.165) is 23.4 Å². The molecule has 3 rings (SSSR count). The van der Waals surface area contributed by atoms with Crippen LogP contribution in [0.1, 0.15) is 23.9 Å². The minimum atomic E-state index is -3.39. The maximum Gasteiger partial charge on any atom is 0.227 e. The molecule has 0 saturated heterocycles. The lowest BCUT2D eigenvalue weighted by Crippen LogP contribution is -2.22. The monoisotopic (exact) mass is 399 g/mol. The van der Waals surface area contributed by atoms with Crippen LogP contribution in [0.4, 0.5) is 0 Å². The molecule has 0 bridgehead atoms. The first kappa shape index (κ1) is 20.2. The predicted molar refractivity (Wildman–Crippen MR) is 107 cm³/mol. The first-order valence-corrected chi connectivity index (χ1v) is 10.9. The Balaban J connectivity index is 1.81. The summed E-state index contributed by atoms with van der Waals surface area (Å²) in [5, 5.41) is 0.149. The average Bonchev–Trinajstić information content (AvgIpc) is 3.11. The SMILES string of the molecule is CCS(=O)(=O)c1ncc(CN(C)Cc2ccncn2)n1CCc1ccccc1. The number of aromatic nitrogens is 4. The Morgan fingerprint density at radius 2 is 1.86 bits per heavy atom. The molecule has 28 heavy (non-hydrogen) atoms. The van der Waals surface area contributed by atoms with E-state index in [1.165, 1.54) is 6.33 Å². The Hall–Kier alpha value is -2.58. The van der Waals surface area contributed by atoms with E-state index in [1.807, 2.05) is 48.0 Å². The predicted octanol–water partition coefficient (Wildman–Crippen LogP) is 2.34. The smallest absolute Gasteiger partial charge is 0.227 e. The summed E-state index contributed by atoms with van der Waals surface area (Å²) in [7, 11) is -1.42. The largest absolute Gasteiger partial charge is 0.317 e. The number of rotatable bonds is 9. The molecule has 1 aromatic carbocycles. The molecule has 0 N–H and O–H groups in total. The molecule has 0 amide bonds. The van der Waals surface area contributed by atoms with E-state index in [0.29, 0.717) is 19.6 Å². The molecule has 3 aromatic rings. The molecule has 0 radical (unpaired) electrons. The summed E-state index contributed by atoms with van der Waals surface area (Å²) < 4.78 is 26.9. The topological polar surface area (TPSA) is 81.0 Å². The highest BCUT2D eigenvalue weighted by atomic mass is 32.2. The fourth-order valence-electron chi connectivity index (χ4n) is 3.04. The van der Waals surface area contributed by atoms with Crippen LogP contribution in [0.15, 0.2) is 60.3 Å². The van der Waals surface area contributed by atoms with Gasteiger partial charge in [0.25, 0.3) is 0 Å². The van der Waals surface area contributed by atoms with Crippen molar-refractivity contribution in [3.8, 4) is 0 Å². The molecule has 0 aliphatic heterocycles. The second-order valence-corrected chi connectivity index (χ2v) is 8.87. The molecule has 0 aliphatic carbocycles. The lowest BCUT2D eigenvalue weighted by molar-refractivity contribution is 0.304. The fourth-order valence-corrected chi connectivity index (χ4v) is 4.06. The molecule has 2 aromatic heterocycles. The number of nitrogens with zero attached hydrogens (tertiary/aromatic N) is 5. The molecule has 0 atom stereocenters. The number of aryl methyl sites for hydroxylation is 1. The molecule has 0 fully saturated rings. The van der Waals surface area contributed by atoms with Gasteiger partial charge >= 0.3 is 0 Å². The molecule has 0 unspecified atom stereocenters. The van der Waals surface area contributed by atoms with Crippen molar-refractivity contribution in [2.75, 3.05) is 12.8 Å². The van der Waals surface area contributed by atoms with Gasteiger partial charge in [-0.3, -0.25) is 4.90 Å². The molecule has 0 spiro atoms. The van der Waals surface area contributed by atoms with E-state index < -0.39 is 9.84 Å². The summed E-state index contributed by atoms with van der Waals surface area (Å²) in [5.41, 5.74) is 2.95. The van der Waals surface area contributed by atoms with E-state index in [4.69, 9.17) is 0 Å². The normalized spacial score (nSPS) is 11.8. The van der Waals surface area contributed by atoms with Crippen LogP contribution in [0.25, 0.3) is 0 Å². The summed E-state index contributed by atoms with van der Waals surface area (Å²) in [4.78, 5) is 14.5. The van der Waals surface area contributed by atoms with Gasteiger partial charge in [-0.05, 0) is 25.1 Å². The van der Waals surface area contributed by atoms with Crippen molar-refractivity contribution in [1.29, 1.82) is 0 Å². The Labute approximate surface area is 166 Å². The summed E-state index contributed by atoms with van der Waals surface area (Å²) in [6, 6.07) is 11.9. The minimum absolute atomic E-state index is 0.0333. The van der Waals surface area contributed by atoms with E-state index in [1.54, 1.807) is 19.3 Å². The van der Waals surface area contributed by atoms with E-state index in [-0.39, 0.29) is 10.9 Å². The second-order valence-electron chi connectivity index (χ2n) is 6.70. The third-order valence-electron chi connectivity index (χ3n) is 4.53. The van der Waals surface area contributed by atoms with Gasteiger partial charge in [0.2, 0.25) is 15.0 Å². The van der Waals surface area contributed by atoms with Crippen LogP contribution < -0.4 is 0 Å². The van der Waals surface area contributed by atoms with Gasteiger partial charge in [-0.15, -0.1) is 0 Å². The van der Waals surface area contributed by atoms with Gasteiger partial charge in [-0.25, -0.2) is 23.4 Å². The van der Waals surface area contributed by atoms with Crippen LogP contribution in [-0.2, 0) is 35.9 Å². The standard InChI is InChI=1S/C20H25N5O2S/c1-3-28(26,27)20-22-13-19(15-24(2)14-18-9-11-21-16-23-18)25(20)12-10-17-7-5-4-6-8-17/h4-9,11,13,16H,3,10,12,14-15H2,1-2H3. The number of hydrogen-bond donors (Lipinski definition) is 0. The van der Waals surface area contributed by atoms with Crippen molar-refractivity contribution < 1.29 is 8.42 Å². The van der Waals surface area contributed by atoms with E-state index in [9.17, 15) is 8.42 Å². The zero-order valence-corrected chi connectivity index (χ0v) is 17.0. The molecule has 0 aliphatic rings. The second kappa shape index (κ2) is 9.07. The van der Waals surface area contributed by atoms with Crippen molar-refractivity contribution in [1.82, 2.24) is 24.4 Å². The first-order chi connectivity index (χ1) is 13.5. The molecule has 2 heterocycles. The van der Waals surface area contributed by atoms with Crippen LogP contribution in [0.3, 0.4) is 0 Å². The Morgan fingerprint density at radius 1 is 1.07 bits per heavy atom. The van der Waals surface area contributed by atoms with Gasteiger partial charge in [0.15, 0.2) is 0 Å². The van der Waals surface area contributed by atoms with Crippen LogP contribution in [0, 0.1) is 0 Å². The lowest BCUT2D eigenvalue weighted by Gasteiger charge is -2.18. The molecular weight excluding hydrogens is 374 g/mol. The fraction of sp³-hybridized carbons (Fsp3) is 0.350. The number of hydrogen-bond acceptors (Lipinski definition) is 6. The van der Waals surface area contributed by atoms with E-state index in [2.05, 4.69) is 19.9 Å². The number of benzene rings is 1. The van der Waals surface area contributed by atoms with Gasteiger partial charge in [-0.1, -0.05) is 37.3 Å². The Bertz CT molecular complexity index is 988. The van der Waals surface area contributed by atoms with Crippen molar-refractivity contribution in [2.45, 2.75) is 38.1 Å².